The van der Waals surface area contributed by atoms with Gasteiger partial charge < -0.3 is 19.4 Å². The maximum absolute atomic E-state index is 13.0. The van der Waals surface area contributed by atoms with Crippen LogP contribution in [-0.2, 0) is 4.74 Å². The fraction of sp³-hybridized carbons (Fsp3) is 0.750. The second kappa shape index (κ2) is 10.0. The van der Waals surface area contributed by atoms with E-state index in [1.54, 1.807) is 7.05 Å². The van der Waals surface area contributed by atoms with Crippen LogP contribution in [0.15, 0.2) is 21.5 Å². The third-order valence-corrected chi connectivity index (χ3v) is 5.88. The van der Waals surface area contributed by atoms with Crippen molar-refractivity contribution in [1.82, 2.24) is 20.0 Å². The number of halogens is 3. The normalized spacial score (nSPS) is 22.2. The van der Waals surface area contributed by atoms with Crippen molar-refractivity contribution in [1.29, 1.82) is 0 Å². The lowest BCUT2D eigenvalue weighted by Crippen LogP contribution is -2.57. The molecule has 1 aromatic heterocycles. The van der Waals surface area contributed by atoms with E-state index in [0.29, 0.717) is 51.9 Å². The predicted octanol–water partition coefficient (Wildman–Crippen LogP) is 2.11. The summed E-state index contributed by atoms with van der Waals surface area (Å²) in [5.41, 5.74) is 0. The van der Waals surface area contributed by atoms with Crippen molar-refractivity contribution < 1.29 is 22.3 Å². The minimum absolute atomic E-state index is 0.0332. The third kappa shape index (κ3) is 5.67. The molecule has 1 N–H and O–H groups in total. The molecule has 2 fully saturated rings. The van der Waals surface area contributed by atoms with Gasteiger partial charge in [0.25, 0.3) is 0 Å². The Hall–Kier alpha value is -1.78. The largest absolute Gasteiger partial charge is 0.465 e. The van der Waals surface area contributed by atoms with Gasteiger partial charge in [0, 0.05) is 52.9 Å². The number of aliphatic imine (C=N–C) groups is 1. The van der Waals surface area contributed by atoms with E-state index in [2.05, 4.69) is 15.2 Å². The second-order valence-electron chi connectivity index (χ2n) is 7.78. The number of aryl methyl sites for hydroxylation is 1. The molecule has 3 heterocycles. The van der Waals surface area contributed by atoms with Gasteiger partial charge in [0.2, 0.25) is 0 Å². The molecule has 2 saturated heterocycles. The van der Waals surface area contributed by atoms with E-state index < -0.39 is 12.2 Å². The number of furan rings is 1. The summed E-state index contributed by atoms with van der Waals surface area (Å²) < 4.78 is 50.3. The predicted molar refractivity (Wildman–Crippen MR) is 109 cm³/mol. The molecule has 30 heavy (non-hydrogen) atoms. The van der Waals surface area contributed by atoms with Gasteiger partial charge in [-0.2, -0.15) is 13.2 Å². The maximum atomic E-state index is 13.0. The lowest BCUT2D eigenvalue weighted by molar-refractivity contribution is -0.181. The van der Waals surface area contributed by atoms with Gasteiger partial charge in [0.15, 0.2) is 5.96 Å². The van der Waals surface area contributed by atoms with Crippen LogP contribution in [0.1, 0.15) is 24.5 Å². The Bertz CT molecular complexity index is 695. The first kappa shape index (κ1) is 22.9. The van der Waals surface area contributed by atoms with Crippen LogP contribution < -0.4 is 5.32 Å². The van der Waals surface area contributed by atoms with Crippen LogP contribution in [0.4, 0.5) is 13.2 Å². The number of rotatable bonds is 5. The molecule has 170 valence electrons. The van der Waals surface area contributed by atoms with Gasteiger partial charge in [-0.25, -0.2) is 0 Å². The number of guanidine groups is 1. The highest BCUT2D eigenvalue weighted by Gasteiger charge is 2.41. The van der Waals surface area contributed by atoms with Gasteiger partial charge in [-0.3, -0.25) is 14.8 Å². The Morgan fingerprint density at radius 1 is 1.10 bits per heavy atom. The summed E-state index contributed by atoms with van der Waals surface area (Å²) in [6, 6.07) is 2.56. The van der Waals surface area contributed by atoms with Crippen LogP contribution in [0.2, 0.25) is 0 Å². The van der Waals surface area contributed by atoms with Crippen molar-refractivity contribution in [3.63, 3.8) is 0 Å². The fourth-order valence-corrected chi connectivity index (χ4v) is 3.98. The van der Waals surface area contributed by atoms with Gasteiger partial charge in [-0.1, -0.05) is 0 Å². The molecule has 0 radical (unpaired) electrons. The molecule has 10 heteroatoms. The van der Waals surface area contributed by atoms with E-state index in [0.717, 1.165) is 24.6 Å². The molecule has 2 aliphatic heterocycles. The van der Waals surface area contributed by atoms with Gasteiger partial charge in [-0.15, -0.1) is 0 Å². The van der Waals surface area contributed by atoms with Crippen LogP contribution in [-0.4, -0.2) is 99.0 Å². The molecule has 0 spiro atoms. The van der Waals surface area contributed by atoms with E-state index in [1.165, 1.54) is 11.8 Å². The monoisotopic (exact) mass is 431 g/mol. The summed E-state index contributed by atoms with van der Waals surface area (Å²) in [4.78, 5) is 10.2. The van der Waals surface area contributed by atoms with Crippen molar-refractivity contribution in [2.75, 3.05) is 66.1 Å². The Balaban J connectivity index is 1.59. The molecule has 0 amide bonds. The maximum Gasteiger partial charge on any atom is 0.403 e. The number of alkyl halides is 3. The highest BCUT2D eigenvalue weighted by Crippen LogP contribution is 2.26. The molecule has 0 aliphatic carbocycles. The topological polar surface area (TPSA) is 56.5 Å². The minimum Gasteiger partial charge on any atom is -0.465 e. The lowest BCUT2D eigenvalue weighted by atomic mass is 10.1. The molecule has 3 rings (SSSR count). The summed E-state index contributed by atoms with van der Waals surface area (Å²) in [7, 11) is 1.70. The van der Waals surface area contributed by atoms with Crippen molar-refractivity contribution in [3.05, 3.63) is 23.7 Å². The number of nitrogens with one attached hydrogen (secondary N) is 1. The van der Waals surface area contributed by atoms with Crippen LogP contribution in [0.25, 0.3) is 0 Å². The third-order valence-electron chi connectivity index (χ3n) is 5.88. The molecule has 2 aliphatic rings. The second-order valence-corrected chi connectivity index (χ2v) is 7.78. The average molecular weight is 432 g/mol. The standard InChI is InChI=1S/C20H32F3N5O2/c1-15-4-5-18(30-15)17(27-10-12-29-13-11-27)14-25-19(24-3)28-8-6-26(7-9-28)16(2)20(21,22)23/h4-5,16-17H,6-14H2,1-3H3,(H,24,25). The molecule has 0 saturated carbocycles. The molecule has 0 aromatic carbocycles. The molecular formula is C20H32F3N5O2. The van der Waals surface area contributed by atoms with Crippen molar-refractivity contribution in [3.8, 4) is 0 Å². The summed E-state index contributed by atoms with van der Waals surface area (Å²) >= 11 is 0. The van der Waals surface area contributed by atoms with Gasteiger partial charge in [-0.05, 0) is 26.0 Å². The van der Waals surface area contributed by atoms with Crippen LogP contribution >= 0.6 is 0 Å². The average Bonchev–Trinajstić information content (AvgIpc) is 3.17. The zero-order chi connectivity index (χ0) is 21.7. The number of ether oxygens (including phenoxy) is 1. The first-order valence-electron chi connectivity index (χ1n) is 10.4. The Morgan fingerprint density at radius 3 is 2.30 bits per heavy atom. The van der Waals surface area contributed by atoms with Gasteiger partial charge in [0.1, 0.15) is 17.6 Å². The van der Waals surface area contributed by atoms with Crippen molar-refractivity contribution >= 4 is 5.96 Å². The molecular weight excluding hydrogens is 399 g/mol. The number of hydrogen-bond acceptors (Lipinski definition) is 5. The molecule has 0 bridgehead atoms. The minimum atomic E-state index is -4.20. The Kier molecular flexibility index (Phi) is 7.65. The summed E-state index contributed by atoms with van der Waals surface area (Å²) in [6.07, 6.45) is -4.20. The number of piperazine rings is 1. The number of morpholine rings is 1. The van der Waals surface area contributed by atoms with Crippen LogP contribution in [0.3, 0.4) is 0 Å². The zero-order valence-electron chi connectivity index (χ0n) is 17.9. The van der Waals surface area contributed by atoms with E-state index in [-0.39, 0.29) is 6.04 Å². The highest BCUT2D eigenvalue weighted by molar-refractivity contribution is 5.80. The quantitative estimate of drug-likeness (QED) is 0.569. The number of hydrogen-bond donors (Lipinski definition) is 1. The van der Waals surface area contributed by atoms with Crippen LogP contribution in [0, 0.1) is 6.92 Å². The molecule has 2 unspecified atom stereocenters. The van der Waals surface area contributed by atoms with E-state index in [4.69, 9.17) is 9.15 Å². The lowest BCUT2D eigenvalue weighted by Gasteiger charge is -2.40. The van der Waals surface area contributed by atoms with Crippen molar-refractivity contribution in [2.45, 2.75) is 32.1 Å². The molecule has 7 nitrogen and oxygen atoms in total. The summed E-state index contributed by atoms with van der Waals surface area (Å²) in [6.45, 7) is 8.46. The van der Waals surface area contributed by atoms with E-state index >= 15 is 0 Å². The number of nitrogens with zero attached hydrogens (tertiary/aromatic N) is 4. The first-order valence-corrected chi connectivity index (χ1v) is 10.4. The summed E-state index contributed by atoms with van der Waals surface area (Å²) in [5, 5.41) is 3.41. The summed E-state index contributed by atoms with van der Waals surface area (Å²) in [5.74, 6) is 2.46. The Morgan fingerprint density at radius 2 is 1.77 bits per heavy atom. The van der Waals surface area contributed by atoms with Crippen molar-refractivity contribution in [2.24, 2.45) is 4.99 Å². The smallest absolute Gasteiger partial charge is 0.403 e. The SMILES string of the molecule is CN=C(NCC(c1ccc(C)o1)N1CCOCC1)N1CCN(C(C)C(F)(F)F)CC1. The highest BCUT2D eigenvalue weighted by atomic mass is 19.4. The van der Waals surface area contributed by atoms with E-state index in [1.807, 2.05) is 24.0 Å². The Labute approximate surface area is 175 Å². The zero-order valence-corrected chi connectivity index (χ0v) is 17.9. The molecule has 1 aromatic rings. The first-order chi connectivity index (χ1) is 14.3. The van der Waals surface area contributed by atoms with Gasteiger partial charge in [0.05, 0.1) is 19.3 Å². The van der Waals surface area contributed by atoms with E-state index in [9.17, 15) is 13.2 Å². The molecule has 2 atom stereocenters. The van der Waals surface area contributed by atoms with Crippen LogP contribution in [0.5, 0.6) is 0 Å². The van der Waals surface area contributed by atoms with Gasteiger partial charge >= 0.3 is 6.18 Å². The fourth-order valence-electron chi connectivity index (χ4n) is 3.98.